The fourth-order valence-corrected chi connectivity index (χ4v) is 3.09. The normalized spacial score (nSPS) is 14.4. The number of ether oxygens (including phenoxy) is 1. The second-order valence-electron chi connectivity index (χ2n) is 5.19. The van der Waals surface area contributed by atoms with Crippen LogP contribution in [-0.2, 0) is 9.59 Å². The number of benzene rings is 2. The van der Waals surface area contributed by atoms with Crippen molar-refractivity contribution >= 4 is 46.3 Å². The van der Waals surface area contributed by atoms with Gasteiger partial charge in [0.1, 0.15) is 5.75 Å². The van der Waals surface area contributed by atoms with Crippen LogP contribution in [0.4, 0.5) is 5.69 Å². The highest BCUT2D eigenvalue weighted by Gasteiger charge is 2.42. The number of nitrogens with zero attached hydrogens (tertiary/aromatic N) is 1. The van der Waals surface area contributed by atoms with Gasteiger partial charge >= 0.3 is 5.91 Å². The first kappa shape index (κ1) is 17.3. The molecule has 1 N–H and O–H groups in total. The summed E-state index contributed by atoms with van der Waals surface area (Å²) in [6.45, 7) is 2.15. The van der Waals surface area contributed by atoms with Gasteiger partial charge in [0, 0.05) is 10.6 Å². The minimum absolute atomic E-state index is 0.162. The molecule has 0 spiro atoms. The number of carbonyl (C=O) groups excluding carboxylic acids is 2. The van der Waals surface area contributed by atoms with Crippen LogP contribution in [0.2, 0.25) is 10.0 Å². The number of hydrogen-bond donors (Lipinski definition) is 1. The summed E-state index contributed by atoms with van der Waals surface area (Å²) in [5, 5.41) is 10.8. The van der Waals surface area contributed by atoms with Gasteiger partial charge in [-0.05, 0) is 31.2 Å². The lowest BCUT2D eigenvalue weighted by atomic mass is 10.1. The van der Waals surface area contributed by atoms with Crippen LogP contribution in [0.15, 0.2) is 48.2 Å². The molecular formula is C18H13Cl2NO4. The van der Waals surface area contributed by atoms with Crippen molar-refractivity contribution in [1.29, 1.82) is 0 Å². The van der Waals surface area contributed by atoms with E-state index < -0.39 is 17.6 Å². The van der Waals surface area contributed by atoms with Gasteiger partial charge in [0.2, 0.25) is 0 Å². The topological polar surface area (TPSA) is 66.8 Å². The third-order valence-corrected chi connectivity index (χ3v) is 4.21. The van der Waals surface area contributed by atoms with Crippen molar-refractivity contribution in [2.75, 3.05) is 11.5 Å². The van der Waals surface area contributed by atoms with E-state index in [2.05, 4.69) is 0 Å². The zero-order valence-corrected chi connectivity index (χ0v) is 14.6. The molecule has 2 amide bonds. The summed E-state index contributed by atoms with van der Waals surface area (Å²) >= 11 is 12.0. The van der Waals surface area contributed by atoms with Gasteiger partial charge < -0.3 is 9.84 Å². The number of para-hydroxylation sites is 2. The van der Waals surface area contributed by atoms with E-state index in [0.29, 0.717) is 17.4 Å². The molecule has 0 unspecified atom stereocenters. The monoisotopic (exact) mass is 377 g/mol. The van der Waals surface area contributed by atoms with E-state index in [1.807, 2.05) is 0 Å². The molecule has 0 radical (unpaired) electrons. The Kier molecular flexibility index (Phi) is 4.70. The lowest BCUT2D eigenvalue weighted by molar-refractivity contribution is -0.121. The number of anilines is 1. The first-order chi connectivity index (χ1) is 12.0. The molecule has 0 atom stereocenters. The maximum absolute atomic E-state index is 12.9. The minimum atomic E-state index is -0.835. The molecular weight excluding hydrogens is 365 g/mol. The summed E-state index contributed by atoms with van der Waals surface area (Å²) < 4.78 is 5.47. The molecule has 128 valence electrons. The van der Waals surface area contributed by atoms with E-state index >= 15 is 0 Å². The number of rotatable bonds is 4. The maximum Gasteiger partial charge on any atom is 0.301 e. The Morgan fingerprint density at radius 1 is 1.08 bits per heavy atom. The van der Waals surface area contributed by atoms with Crippen LogP contribution in [0.5, 0.6) is 5.75 Å². The van der Waals surface area contributed by atoms with Gasteiger partial charge in [0.15, 0.2) is 5.76 Å². The lowest BCUT2D eigenvalue weighted by Crippen LogP contribution is -2.32. The average molecular weight is 378 g/mol. The Bertz CT molecular complexity index is 908. The molecule has 0 saturated carbocycles. The van der Waals surface area contributed by atoms with Gasteiger partial charge in [-0.2, -0.15) is 0 Å². The first-order valence-corrected chi connectivity index (χ1v) is 8.20. The van der Waals surface area contributed by atoms with Crippen LogP contribution in [0.3, 0.4) is 0 Å². The predicted octanol–water partition coefficient (Wildman–Crippen LogP) is 4.23. The van der Waals surface area contributed by atoms with Crippen molar-refractivity contribution in [3.05, 3.63) is 63.8 Å². The van der Waals surface area contributed by atoms with Gasteiger partial charge in [-0.1, -0.05) is 41.4 Å². The van der Waals surface area contributed by atoms with E-state index in [9.17, 15) is 14.7 Å². The molecule has 2 aromatic rings. The predicted molar refractivity (Wildman–Crippen MR) is 96.1 cm³/mol. The third kappa shape index (κ3) is 2.97. The van der Waals surface area contributed by atoms with Gasteiger partial charge in [-0.25, -0.2) is 4.90 Å². The molecule has 0 aromatic heterocycles. The molecule has 2 aromatic carbocycles. The molecule has 0 aliphatic carbocycles. The van der Waals surface area contributed by atoms with Crippen molar-refractivity contribution in [3.63, 3.8) is 0 Å². The molecule has 0 bridgehead atoms. The number of halogens is 2. The summed E-state index contributed by atoms with van der Waals surface area (Å²) in [5.41, 5.74) is 0.322. The van der Waals surface area contributed by atoms with Crippen LogP contribution < -0.4 is 9.64 Å². The van der Waals surface area contributed by atoms with Crippen LogP contribution in [0, 0.1) is 0 Å². The van der Waals surface area contributed by atoms with Crippen molar-refractivity contribution in [3.8, 4) is 5.75 Å². The van der Waals surface area contributed by atoms with E-state index in [-0.39, 0.29) is 21.8 Å². The zero-order valence-electron chi connectivity index (χ0n) is 13.1. The van der Waals surface area contributed by atoms with Gasteiger partial charge in [-0.3, -0.25) is 9.59 Å². The van der Waals surface area contributed by atoms with Crippen molar-refractivity contribution < 1.29 is 19.4 Å². The molecule has 1 aliphatic heterocycles. The largest absolute Gasteiger partial charge is 0.502 e. The second kappa shape index (κ2) is 6.78. The number of carbonyl (C=O) groups is 2. The summed E-state index contributed by atoms with van der Waals surface area (Å²) in [4.78, 5) is 26.2. The Morgan fingerprint density at radius 3 is 2.48 bits per heavy atom. The number of aliphatic hydroxyl groups excluding tert-OH is 1. The Morgan fingerprint density at radius 2 is 1.80 bits per heavy atom. The standard InChI is InChI=1S/C18H13Cl2NO4/c1-2-25-14-6-4-3-5-13(14)21-17(23)15(16(22)18(21)24)11-8-7-10(19)9-12(11)20/h3-9,22H,2H2,1H3. The van der Waals surface area contributed by atoms with Crippen molar-refractivity contribution in [1.82, 2.24) is 0 Å². The molecule has 0 fully saturated rings. The summed E-state index contributed by atoms with van der Waals surface area (Å²) in [6, 6.07) is 11.1. The fourth-order valence-electron chi connectivity index (χ4n) is 2.59. The fraction of sp³-hybridized carbons (Fsp3) is 0.111. The third-order valence-electron chi connectivity index (χ3n) is 3.67. The van der Waals surface area contributed by atoms with E-state index in [0.717, 1.165) is 4.90 Å². The van der Waals surface area contributed by atoms with Gasteiger partial charge in [-0.15, -0.1) is 0 Å². The molecule has 0 saturated heterocycles. The van der Waals surface area contributed by atoms with Crippen molar-refractivity contribution in [2.24, 2.45) is 0 Å². The van der Waals surface area contributed by atoms with E-state index in [1.165, 1.54) is 18.2 Å². The summed E-state index contributed by atoms with van der Waals surface area (Å²) in [6.07, 6.45) is 0. The summed E-state index contributed by atoms with van der Waals surface area (Å²) in [5.74, 6) is -1.82. The zero-order chi connectivity index (χ0) is 18.1. The molecule has 3 rings (SSSR count). The SMILES string of the molecule is CCOc1ccccc1N1C(=O)C(O)=C(c2ccc(Cl)cc2Cl)C1=O. The number of imide groups is 1. The number of amides is 2. The van der Waals surface area contributed by atoms with E-state index in [4.69, 9.17) is 27.9 Å². The van der Waals surface area contributed by atoms with Gasteiger partial charge in [0.25, 0.3) is 5.91 Å². The Balaban J connectivity index is 2.09. The highest BCUT2D eigenvalue weighted by atomic mass is 35.5. The average Bonchev–Trinajstić information content (AvgIpc) is 2.79. The Labute approximate surface area is 154 Å². The van der Waals surface area contributed by atoms with E-state index in [1.54, 1.807) is 31.2 Å². The molecule has 1 aliphatic rings. The van der Waals surface area contributed by atoms with Crippen LogP contribution >= 0.6 is 23.2 Å². The number of aliphatic hydroxyl groups is 1. The van der Waals surface area contributed by atoms with Crippen molar-refractivity contribution in [2.45, 2.75) is 6.92 Å². The maximum atomic E-state index is 12.9. The van der Waals surface area contributed by atoms with Crippen LogP contribution in [0.1, 0.15) is 12.5 Å². The molecule has 1 heterocycles. The smallest absolute Gasteiger partial charge is 0.301 e. The summed E-state index contributed by atoms with van der Waals surface area (Å²) in [7, 11) is 0. The van der Waals surface area contributed by atoms with Crippen LogP contribution in [0.25, 0.3) is 5.57 Å². The highest BCUT2D eigenvalue weighted by Crippen LogP contribution is 2.38. The quantitative estimate of drug-likeness (QED) is 0.809. The molecule has 25 heavy (non-hydrogen) atoms. The second-order valence-corrected chi connectivity index (χ2v) is 6.04. The lowest BCUT2D eigenvalue weighted by Gasteiger charge is -2.18. The highest BCUT2D eigenvalue weighted by molar-refractivity contribution is 6.47. The molecule has 7 heteroatoms. The van der Waals surface area contributed by atoms with Crippen LogP contribution in [-0.4, -0.2) is 23.5 Å². The Hall–Kier alpha value is -2.50. The van der Waals surface area contributed by atoms with Gasteiger partial charge in [0.05, 0.1) is 22.9 Å². The number of hydrogen-bond acceptors (Lipinski definition) is 4. The minimum Gasteiger partial charge on any atom is -0.502 e. The first-order valence-electron chi connectivity index (χ1n) is 7.45. The molecule has 5 nitrogen and oxygen atoms in total.